The Labute approximate surface area is 142 Å². The quantitative estimate of drug-likeness (QED) is 0.856. The van der Waals surface area contributed by atoms with Gasteiger partial charge in [0, 0.05) is 12.1 Å². The molecule has 4 heteroatoms. The number of carboxylic acids is 1. The molecule has 1 atom stereocenters. The molecule has 0 spiro atoms. The molecule has 0 aromatic heterocycles. The highest BCUT2D eigenvalue weighted by atomic mass is 16.4. The van der Waals surface area contributed by atoms with E-state index in [1.54, 1.807) is 6.07 Å². The lowest BCUT2D eigenvalue weighted by Gasteiger charge is -2.15. The third kappa shape index (κ3) is 4.69. The molecule has 0 radical (unpaired) electrons. The molecule has 0 saturated carbocycles. The Bertz CT molecular complexity index is 752. The van der Waals surface area contributed by atoms with Crippen LogP contribution in [0.1, 0.15) is 32.6 Å². The van der Waals surface area contributed by atoms with Gasteiger partial charge in [0.15, 0.2) is 0 Å². The number of aryl methyl sites for hydroxylation is 3. The van der Waals surface area contributed by atoms with E-state index in [1.807, 2.05) is 57.2 Å². The monoisotopic (exact) mass is 325 g/mol. The first-order valence-electron chi connectivity index (χ1n) is 8.00. The van der Waals surface area contributed by atoms with Gasteiger partial charge >= 0.3 is 5.97 Å². The number of nitrogens with one attached hydrogen (secondary N) is 1. The molecule has 0 aliphatic carbocycles. The van der Waals surface area contributed by atoms with Crippen LogP contribution in [0.3, 0.4) is 0 Å². The zero-order valence-electron chi connectivity index (χ0n) is 14.3. The van der Waals surface area contributed by atoms with Crippen LogP contribution in [-0.4, -0.2) is 23.5 Å². The van der Waals surface area contributed by atoms with Crippen molar-refractivity contribution in [1.82, 2.24) is 5.32 Å². The highest BCUT2D eigenvalue weighted by molar-refractivity contribution is 5.95. The van der Waals surface area contributed by atoms with Crippen LogP contribution in [0.5, 0.6) is 0 Å². The van der Waals surface area contributed by atoms with E-state index >= 15 is 0 Å². The first-order chi connectivity index (χ1) is 11.4. The molecule has 2 rings (SSSR count). The molecular formula is C20H23NO3. The van der Waals surface area contributed by atoms with Gasteiger partial charge in [-0.1, -0.05) is 47.5 Å². The summed E-state index contributed by atoms with van der Waals surface area (Å²) in [6, 6.07) is 13.4. The topological polar surface area (TPSA) is 66.4 Å². The summed E-state index contributed by atoms with van der Waals surface area (Å²) in [5, 5.41) is 12.2. The Kier molecular flexibility index (Phi) is 5.74. The zero-order chi connectivity index (χ0) is 17.7. The second-order valence-electron chi connectivity index (χ2n) is 6.26. The van der Waals surface area contributed by atoms with Gasteiger partial charge in [-0.2, -0.15) is 0 Å². The number of hydrogen-bond acceptors (Lipinski definition) is 2. The largest absolute Gasteiger partial charge is 0.481 e. The predicted molar refractivity (Wildman–Crippen MR) is 94.3 cm³/mol. The SMILES string of the molecule is Cc1cccc(CC(CNC(=O)c2ccc(C)cc2C)C(=O)O)c1. The molecule has 0 saturated heterocycles. The number of hydrogen-bond donors (Lipinski definition) is 2. The minimum absolute atomic E-state index is 0.107. The minimum Gasteiger partial charge on any atom is -0.481 e. The van der Waals surface area contributed by atoms with Crippen LogP contribution in [-0.2, 0) is 11.2 Å². The predicted octanol–water partition coefficient (Wildman–Crippen LogP) is 3.29. The number of carbonyl (C=O) groups is 2. The Morgan fingerprint density at radius 1 is 1.04 bits per heavy atom. The van der Waals surface area contributed by atoms with Crippen molar-refractivity contribution >= 4 is 11.9 Å². The van der Waals surface area contributed by atoms with E-state index in [4.69, 9.17) is 0 Å². The van der Waals surface area contributed by atoms with E-state index in [2.05, 4.69) is 5.32 Å². The summed E-state index contributed by atoms with van der Waals surface area (Å²) in [7, 11) is 0. The zero-order valence-corrected chi connectivity index (χ0v) is 14.3. The van der Waals surface area contributed by atoms with Crippen molar-refractivity contribution < 1.29 is 14.7 Å². The van der Waals surface area contributed by atoms with E-state index < -0.39 is 11.9 Å². The van der Waals surface area contributed by atoms with Crippen molar-refractivity contribution in [2.45, 2.75) is 27.2 Å². The molecule has 0 heterocycles. The van der Waals surface area contributed by atoms with Crippen LogP contribution < -0.4 is 5.32 Å². The maximum absolute atomic E-state index is 12.3. The summed E-state index contributed by atoms with van der Waals surface area (Å²) in [6.07, 6.45) is 0.393. The molecular weight excluding hydrogens is 302 g/mol. The number of benzene rings is 2. The van der Waals surface area contributed by atoms with Crippen LogP contribution in [0.25, 0.3) is 0 Å². The molecule has 126 valence electrons. The van der Waals surface area contributed by atoms with Crippen molar-refractivity contribution in [3.05, 3.63) is 70.3 Å². The van der Waals surface area contributed by atoms with Crippen molar-refractivity contribution in [3.8, 4) is 0 Å². The summed E-state index contributed by atoms with van der Waals surface area (Å²) in [5.41, 5.74) is 4.62. The molecule has 0 bridgehead atoms. The maximum Gasteiger partial charge on any atom is 0.308 e. The van der Waals surface area contributed by atoms with Gasteiger partial charge in [0.2, 0.25) is 0 Å². The van der Waals surface area contributed by atoms with Gasteiger partial charge in [-0.3, -0.25) is 9.59 Å². The Hall–Kier alpha value is -2.62. The third-order valence-corrected chi connectivity index (χ3v) is 4.05. The molecule has 2 aromatic rings. The number of carboxylic acid groups (broad SMARTS) is 1. The molecule has 2 N–H and O–H groups in total. The van der Waals surface area contributed by atoms with Gasteiger partial charge in [-0.05, 0) is 44.4 Å². The molecule has 24 heavy (non-hydrogen) atoms. The molecule has 2 aromatic carbocycles. The lowest BCUT2D eigenvalue weighted by atomic mass is 9.98. The fourth-order valence-electron chi connectivity index (χ4n) is 2.75. The van der Waals surface area contributed by atoms with E-state index in [-0.39, 0.29) is 12.5 Å². The fourth-order valence-corrected chi connectivity index (χ4v) is 2.75. The molecule has 0 aliphatic heterocycles. The van der Waals surface area contributed by atoms with Crippen LogP contribution in [0.15, 0.2) is 42.5 Å². The van der Waals surface area contributed by atoms with E-state index in [9.17, 15) is 14.7 Å². The van der Waals surface area contributed by atoms with Crippen molar-refractivity contribution in [2.75, 3.05) is 6.54 Å². The van der Waals surface area contributed by atoms with Gasteiger partial charge in [0.05, 0.1) is 5.92 Å². The Morgan fingerprint density at radius 3 is 2.38 bits per heavy atom. The first kappa shape index (κ1) is 17.7. The number of carbonyl (C=O) groups excluding carboxylic acids is 1. The highest BCUT2D eigenvalue weighted by Gasteiger charge is 2.20. The first-order valence-corrected chi connectivity index (χ1v) is 8.00. The lowest BCUT2D eigenvalue weighted by Crippen LogP contribution is -2.34. The normalized spacial score (nSPS) is 11.8. The van der Waals surface area contributed by atoms with Crippen LogP contribution in [0.2, 0.25) is 0 Å². The molecule has 4 nitrogen and oxygen atoms in total. The van der Waals surface area contributed by atoms with E-state index in [0.717, 1.165) is 22.3 Å². The molecule has 0 fully saturated rings. The van der Waals surface area contributed by atoms with Crippen LogP contribution in [0, 0.1) is 26.7 Å². The smallest absolute Gasteiger partial charge is 0.308 e. The summed E-state index contributed by atoms with van der Waals surface area (Å²) in [5.74, 6) is -1.79. The number of rotatable bonds is 6. The third-order valence-electron chi connectivity index (χ3n) is 4.05. The second kappa shape index (κ2) is 7.77. The standard InChI is InChI=1S/C20H23NO3/c1-13-5-4-6-16(10-13)11-17(20(23)24)12-21-19(22)18-8-7-14(2)9-15(18)3/h4-10,17H,11-12H2,1-3H3,(H,21,22)(H,23,24). The van der Waals surface area contributed by atoms with Gasteiger partial charge in [0.1, 0.15) is 0 Å². The molecule has 0 aliphatic rings. The van der Waals surface area contributed by atoms with Crippen molar-refractivity contribution in [3.63, 3.8) is 0 Å². The number of aliphatic carboxylic acids is 1. The Balaban J connectivity index is 2.03. The van der Waals surface area contributed by atoms with Crippen molar-refractivity contribution in [2.24, 2.45) is 5.92 Å². The van der Waals surface area contributed by atoms with Crippen molar-refractivity contribution in [1.29, 1.82) is 0 Å². The Morgan fingerprint density at radius 2 is 1.75 bits per heavy atom. The summed E-state index contributed by atoms with van der Waals surface area (Å²) in [6.45, 7) is 5.93. The van der Waals surface area contributed by atoms with Gasteiger partial charge in [-0.15, -0.1) is 0 Å². The minimum atomic E-state index is -0.905. The van der Waals surface area contributed by atoms with Crippen LogP contribution in [0.4, 0.5) is 0 Å². The second-order valence-corrected chi connectivity index (χ2v) is 6.26. The van der Waals surface area contributed by atoms with E-state index in [1.165, 1.54) is 0 Å². The average molecular weight is 325 g/mol. The molecule has 1 amide bonds. The summed E-state index contributed by atoms with van der Waals surface area (Å²) < 4.78 is 0. The van der Waals surface area contributed by atoms with Gasteiger partial charge in [0.25, 0.3) is 5.91 Å². The van der Waals surface area contributed by atoms with E-state index in [0.29, 0.717) is 12.0 Å². The fraction of sp³-hybridized carbons (Fsp3) is 0.300. The maximum atomic E-state index is 12.3. The van der Waals surface area contributed by atoms with Crippen LogP contribution >= 0.6 is 0 Å². The summed E-state index contributed by atoms with van der Waals surface area (Å²) >= 11 is 0. The highest BCUT2D eigenvalue weighted by Crippen LogP contribution is 2.13. The number of amides is 1. The lowest BCUT2D eigenvalue weighted by molar-refractivity contribution is -0.141. The van der Waals surface area contributed by atoms with Gasteiger partial charge in [-0.25, -0.2) is 0 Å². The molecule has 1 unspecified atom stereocenters. The van der Waals surface area contributed by atoms with Gasteiger partial charge < -0.3 is 10.4 Å². The average Bonchev–Trinajstić information content (AvgIpc) is 2.51. The summed E-state index contributed by atoms with van der Waals surface area (Å²) in [4.78, 5) is 23.8.